The fourth-order valence-electron chi connectivity index (χ4n) is 2.50. The van der Waals surface area contributed by atoms with Gasteiger partial charge in [-0.2, -0.15) is 0 Å². The lowest BCUT2D eigenvalue weighted by Crippen LogP contribution is -2.30. The van der Waals surface area contributed by atoms with E-state index >= 15 is 0 Å². The van der Waals surface area contributed by atoms with Crippen molar-refractivity contribution in [1.82, 2.24) is 14.9 Å². The zero-order chi connectivity index (χ0) is 17.1. The summed E-state index contributed by atoms with van der Waals surface area (Å²) in [4.78, 5) is 29.1. The summed E-state index contributed by atoms with van der Waals surface area (Å²) >= 11 is 0. The Hall–Kier alpha value is -3.15. The topological polar surface area (TPSA) is 73.2 Å². The summed E-state index contributed by atoms with van der Waals surface area (Å²) in [6.07, 6.45) is 1.67. The number of carbonyl (C=O) groups is 1. The van der Waals surface area contributed by atoms with Crippen LogP contribution in [0.4, 0.5) is 0 Å². The molecule has 0 aliphatic heterocycles. The molecule has 0 spiro atoms. The van der Waals surface area contributed by atoms with Gasteiger partial charge in [0.15, 0.2) is 0 Å². The van der Waals surface area contributed by atoms with Crippen molar-refractivity contribution in [2.75, 3.05) is 7.11 Å². The number of rotatable bonds is 4. The van der Waals surface area contributed by atoms with E-state index in [1.165, 1.54) is 4.57 Å². The number of nitrogens with one attached hydrogen (secondary N) is 1. The van der Waals surface area contributed by atoms with Gasteiger partial charge >= 0.3 is 0 Å². The SMILES string of the molecule is COc1ccc2c(=O)n(C)c(C(=O)NCc3ccccn3)cc2c1. The van der Waals surface area contributed by atoms with Crippen molar-refractivity contribution >= 4 is 16.7 Å². The minimum atomic E-state index is -0.329. The standard InChI is InChI=1S/C18H17N3O3/c1-21-16(17(22)20-11-13-5-3-4-8-19-13)10-12-9-14(24-2)6-7-15(12)18(21)23/h3-10H,11H2,1-2H3,(H,20,22). The first-order valence-electron chi connectivity index (χ1n) is 7.46. The average Bonchev–Trinajstić information content (AvgIpc) is 2.63. The fraction of sp³-hybridized carbons (Fsp3) is 0.167. The smallest absolute Gasteiger partial charge is 0.268 e. The minimum absolute atomic E-state index is 0.224. The molecule has 1 aromatic carbocycles. The normalized spacial score (nSPS) is 10.6. The van der Waals surface area contributed by atoms with E-state index in [-0.39, 0.29) is 17.2 Å². The fourth-order valence-corrected chi connectivity index (χ4v) is 2.50. The van der Waals surface area contributed by atoms with Crippen molar-refractivity contribution in [2.45, 2.75) is 6.54 Å². The van der Waals surface area contributed by atoms with E-state index < -0.39 is 0 Å². The number of hydrogen-bond donors (Lipinski definition) is 1. The Bertz CT molecular complexity index is 949. The van der Waals surface area contributed by atoms with Crippen LogP contribution in [0.3, 0.4) is 0 Å². The van der Waals surface area contributed by atoms with Gasteiger partial charge in [0.1, 0.15) is 11.4 Å². The zero-order valence-electron chi connectivity index (χ0n) is 13.4. The summed E-state index contributed by atoms with van der Waals surface area (Å²) in [5.74, 6) is 0.306. The molecule has 0 unspecified atom stereocenters. The van der Waals surface area contributed by atoms with Gasteiger partial charge in [-0.15, -0.1) is 0 Å². The minimum Gasteiger partial charge on any atom is -0.497 e. The molecule has 0 aliphatic carbocycles. The number of hydrogen-bond acceptors (Lipinski definition) is 4. The van der Waals surface area contributed by atoms with Crippen LogP contribution in [0.25, 0.3) is 10.8 Å². The molecule has 6 heteroatoms. The van der Waals surface area contributed by atoms with Crippen LogP contribution in [0.15, 0.2) is 53.5 Å². The van der Waals surface area contributed by atoms with Gasteiger partial charge in [-0.3, -0.25) is 14.6 Å². The van der Waals surface area contributed by atoms with Crippen LogP contribution in [0.1, 0.15) is 16.2 Å². The summed E-state index contributed by atoms with van der Waals surface area (Å²) in [6, 6.07) is 12.3. The first kappa shape index (κ1) is 15.7. The lowest BCUT2D eigenvalue weighted by Gasteiger charge is -2.11. The van der Waals surface area contributed by atoms with Gasteiger partial charge in [0.2, 0.25) is 0 Å². The number of methoxy groups -OCH3 is 1. The predicted octanol–water partition coefficient (Wildman–Crippen LogP) is 1.87. The molecule has 6 nitrogen and oxygen atoms in total. The number of amides is 1. The molecule has 122 valence electrons. The molecule has 3 rings (SSSR count). The van der Waals surface area contributed by atoms with E-state index in [0.717, 1.165) is 5.69 Å². The molecule has 1 N–H and O–H groups in total. The molecule has 1 amide bonds. The van der Waals surface area contributed by atoms with Gasteiger partial charge in [-0.1, -0.05) is 6.07 Å². The van der Waals surface area contributed by atoms with Gasteiger partial charge in [0.05, 0.1) is 19.3 Å². The average molecular weight is 323 g/mol. The van der Waals surface area contributed by atoms with Crippen LogP contribution in [0.2, 0.25) is 0 Å². The molecule has 0 saturated heterocycles. The van der Waals surface area contributed by atoms with Crippen LogP contribution in [0.5, 0.6) is 5.75 Å². The molecule has 0 aliphatic rings. The highest BCUT2D eigenvalue weighted by Gasteiger charge is 2.13. The van der Waals surface area contributed by atoms with E-state index in [1.54, 1.807) is 44.6 Å². The number of fused-ring (bicyclic) bond motifs is 1. The maximum absolute atomic E-state index is 12.5. The van der Waals surface area contributed by atoms with Crippen LogP contribution < -0.4 is 15.6 Å². The van der Waals surface area contributed by atoms with Gasteiger partial charge in [0, 0.05) is 18.6 Å². The first-order chi connectivity index (χ1) is 11.6. The number of pyridine rings is 2. The highest BCUT2D eigenvalue weighted by molar-refractivity contribution is 5.96. The molecule has 3 aromatic rings. The summed E-state index contributed by atoms with van der Waals surface area (Å²) < 4.78 is 6.53. The Morgan fingerprint density at radius 3 is 2.79 bits per heavy atom. The van der Waals surface area contributed by atoms with Crippen molar-refractivity contribution in [3.8, 4) is 5.75 Å². The predicted molar refractivity (Wildman–Crippen MR) is 91.1 cm³/mol. The first-order valence-corrected chi connectivity index (χ1v) is 7.46. The van der Waals surface area contributed by atoms with Crippen LogP contribution >= 0.6 is 0 Å². The van der Waals surface area contributed by atoms with E-state index in [4.69, 9.17) is 4.74 Å². The molecule has 2 heterocycles. The van der Waals surface area contributed by atoms with Crippen molar-refractivity contribution in [1.29, 1.82) is 0 Å². The van der Waals surface area contributed by atoms with Crippen molar-refractivity contribution < 1.29 is 9.53 Å². The largest absolute Gasteiger partial charge is 0.497 e. The van der Waals surface area contributed by atoms with Gasteiger partial charge < -0.3 is 14.6 Å². The van der Waals surface area contributed by atoms with E-state index in [0.29, 0.717) is 23.1 Å². The second-order valence-electron chi connectivity index (χ2n) is 5.35. The maximum Gasteiger partial charge on any atom is 0.268 e. The van der Waals surface area contributed by atoms with Gasteiger partial charge in [0.25, 0.3) is 11.5 Å². The highest BCUT2D eigenvalue weighted by Crippen LogP contribution is 2.19. The molecule has 2 aromatic heterocycles. The Balaban J connectivity index is 1.94. The highest BCUT2D eigenvalue weighted by atomic mass is 16.5. The number of benzene rings is 1. The molecule has 24 heavy (non-hydrogen) atoms. The molecule has 0 fully saturated rings. The monoisotopic (exact) mass is 323 g/mol. The van der Waals surface area contributed by atoms with Crippen LogP contribution in [-0.2, 0) is 13.6 Å². The third-order valence-corrected chi connectivity index (χ3v) is 3.84. The third kappa shape index (κ3) is 2.99. The Kier molecular flexibility index (Phi) is 4.29. The van der Waals surface area contributed by atoms with E-state index in [2.05, 4.69) is 10.3 Å². The van der Waals surface area contributed by atoms with Crippen molar-refractivity contribution in [2.24, 2.45) is 7.05 Å². The summed E-state index contributed by atoms with van der Waals surface area (Å²) in [6.45, 7) is 0.296. The van der Waals surface area contributed by atoms with Crippen molar-refractivity contribution in [3.05, 3.63) is 70.4 Å². The molecule has 0 saturated carbocycles. The van der Waals surface area contributed by atoms with E-state index in [9.17, 15) is 9.59 Å². The molecular weight excluding hydrogens is 306 g/mol. The Labute approximate surface area is 138 Å². The second kappa shape index (κ2) is 6.54. The third-order valence-electron chi connectivity index (χ3n) is 3.84. The lowest BCUT2D eigenvalue weighted by molar-refractivity contribution is 0.0941. The summed E-state index contributed by atoms with van der Waals surface area (Å²) in [7, 11) is 3.14. The molecule has 0 bridgehead atoms. The number of carbonyl (C=O) groups excluding carboxylic acids is 1. The van der Waals surface area contributed by atoms with Crippen LogP contribution in [0, 0.1) is 0 Å². The lowest BCUT2D eigenvalue weighted by atomic mass is 10.1. The van der Waals surface area contributed by atoms with Crippen molar-refractivity contribution in [3.63, 3.8) is 0 Å². The molecular formula is C18H17N3O3. The van der Waals surface area contributed by atoms with Crippen LogP contribution in [-0.4, -0.2) is 22.6 Å². The zero-order valence-corrected chi connectivity index (χ0v) is 13.4. The second-order valence-corrected chi connectivity index (χ2v) is 5.35. The summed E-state index contributed by atoms with van der Waals surface area (Å²) in [5, 5.41) is 3.99. The van der Waals surface area contributed by atoms with Gasteiger partial charge in [-0.25, -0.2) is 0 Å². The van der Waals surface area contributed by atoms with E-state index in [1.807, 2.05) is 18.2 Å². The molecule has 0 radical (unpaired) electrons. The quantitative estimate of drug-likeness (QED) is 0.795. The number of ether oxygens (including phenoxy) is 1. The Morgan fingerprint density at radius 1 is 1.25 bits per heavy atom. The molecule has 0 atom stereocenters. The number of nitrogens with zero attached hydrogens (tertiary/aromatic N) is 2. The summed E-state index contributed by atoms with van der Waals surface area (Å²) in [5.41, 5.74) is 0.813. The number of aromatic nitrogens is 2. The maximum atomic E-state index is 12.5. The van der Waals surface area contributed by atoms with Gasteiger partial charge in [-0.05, 0) is 41.8 Å². The Morgan fingerprint density at radius 2 is 2.08 bits per heavy atom.